The van der Waals surface area contributed by atoms with Gasteiger partial charge >= 0.3 is 0 Å². The van der Waals surface area contributed by atoms with Crippen molar-refractivity contribution >= 4 is 17.7 Å². The zero-order valence-corrected chi connectivity index (χ0v) is 15.2. The minimum absolute atomic E-state index is 0.107. The second kappa shape index (κ2) is 7.21. The van der Waals surface area contributed by atoms with E-state index in [0.29, 0.717) is 5.92 Å². The van der Waals surface area contributed by atoms with E-state index in [1.807, 2.05) is 11.8 Å². The molecular weight excluding hydrogens is 310 g/mol. The first-order chi connectivity index (χ1) is 11.1. The number of thioether (sulfide) groups is 1. The van der Waals surface area contributed by atoms with Crippen LogP contribution in [0.25, 0.3) is 0 Å². The summed E-state index contributed by atoms with van der Waals surface area (Å²) in [4.78, 5) is 17.1. The minimum Gasteiger partial charge on any atom is -0.339 e. The number of amides is 1. The van der Waals surface area contributed by atoms with Gasteiger partial charge in [0.25, 0.3) is 0 Å². The highest BCUT2D eigenvalue weighted by Crippen LogP contribution is 2.40. The Bertz CT molecular complexity index is 549. The van der Waals surface area contributed by atoms with Crippen molar-refractivity contribution in [1.29, 1.82) is 0 Å². The Kier molecular flexibility index (Phi) is 5.26. The van der Waals surface area contributed by atoms with Gasteiger partial charge in [0.2, 0.25) is 5.91 Å². The largest absolute Gasteiger partial charge is 0.339 e. The van der Waals surface area contributed by atoms with Gasteiger partial charge in [-0.1, -0.05) is 18.7 Å². The van der Waals surface area contributed by atoms with E-state index in [-0.39, 0.29) is 11.2 Å². The summed E-state index contributed by atoms with van der Waals surface area (Å²) in [5.41, 5.74) is 0. The third kappa shape index (κ3) is 3.71. The number of nitrogens with zero attached hydrogens (tertiary/aromatic N) is 5. The second-order valence-corrected chi connectivity index (χ2v) is 7.69. The molecule has 1 aliphatic carbocycles. The van der Waals surface area contributed by atoms with Crippen LogP contribution in [-0.2, 0) is 11.3 Å². The molecule has 1 aromatic heterocycles. The molecule has 2 heterocycles. The molecule has 3 rings (SSSR count). The third-order valence-electron chi connectivity index (χ3n) is 4.77. The first-order valence-electron chi connectivity index (χ1n) is 8.74. The first-order valence-corrected chi connectivity index (χ1v) is 9.62. The molecule has 2 fully saturated rings. The van der Waals surface area contributed by atoms with E-state index in [1.54, 1.807) is 11.8 Å². The molecule has 1 aromatic rings. The van der Waals surface area contributed by atoms with E-state index < -0.39 is 0 Å². The summed E-state index contributed by atoms with van der Waals surface area (Å²) < 4.78 is 2.18. The number of hydrogen-bond acceptors (Lipinski definition) is 5. The van der Waals surface area contributed by atoms with Gasteiger partial charge in [0.15, 0.2) is 5.16 Å². The maximum Gasteiger partial charge on any atom is 0.235 e. The molecule has 1 amide bonds. The third-order valence-corrected chi connectivity index (χ3v) is 5.83. The molecule has 0 spiro atoms. The predicted octanol–water partition coefficient (Wildman–Crippen LogP) is 1.82. The molecule has 1 aliphatic heterocycles. The topological polar surface area (TPSA) is 54.3 Å². The zero-order chi connectivity index (χ0) is 16.4. The Morgan fingerprint density at radius 3 is 2.43 bits per heavy atom. The van der Waals surface area contributed by atoms with Crippen molar-refractivity contribution in [3.8, 4) is 0 Å². The van der Waals surface area contributed by atoms with Crippen molar-refractivity contribution in [2.45, 2.75) is 56.5 Å². The predicted molar refractivity (Wildman–Crippen MR) is 91.7 cm³/mol. The number of carbonyl (C=O) groups is 1. The Balaban J connectivity index is 1.60. The highest BCUT2D eigenvalue weighted by atomic mass is 32.2. The van der Waals surface area contributed by atoms with E-state index in [2.05, 4.69) is 33.5 Å². The maximum absolute atomic E-state index is 12.7. The van der Waals surface area contributed by atoms with Gasteiger partial charge < -0.3 is 14.4 Å². The summed E-state index contributed by atoms with van der Waals surface area (Å²) in [6.45, 7) is 11.9. The minimum atomic E-state index is -0.107. The fraction of sp³-hybridized carbons (Fsp3) is 0.812. The SMILES string of the molecule is CCN1CCN(C(=O)C(C)Sc2nnc(C3CC3)n2CC)CC1. The van der Waals surface area contributed by atoms with Gasteiger partial charge in [0.05, 0.1) is 5.25 Å². The first kappa shape index (κ1) is 16.8. The molecule has 6 nitrogen and oxygen atoms in total. The molecule has 1 saturated heterocycles. The molecule has 1 unspecified atom stereocenters. The number of piperazine rings is 1. The normalized spacial score (nSPS) is 20.7. The summed E-state index contributed by atoms with van der Waals surface area (Å²) in [7, 11) is 0. The molecule has 23 heavy (non-hydrogen) atoms. The molecule has 0 N–H and O–H groups in total. The number of hydrogen-bond donors (Lipinski definition) is 0. The van der Waals surface area contributed by atoms with Gasteiger partial charge in [-0.05, 0) is 33.2 Å². The number of aromatic nitrogens is 3. The highest BCUT2D eigenvalue weighted by molar-refractivity contribution is 8.00. The van der Waals surface area contributed by atoms with Gasteiger partial charge in [-0.25, -0.2) is 0 Å². The summed E-state index contributed by atoms with van der Waals surface area (Å²) >= 11 is 1.55. The number of likely N-dealkylation sites (N-methyl/N-ethyl adjacent to an activating group) is 1. The Morgan fingerprint density at radius 2 is 1.87 bits per heavy atom. The van der Waals surface area contributed by atoms with Crippen molar-refractivity contribution in [3.63, 3.8) is 0 Å². The van der Waals surface area contributed by atoms with E-state index in [1.165, 1.54) is 12.8 Å². The van der Waals surface area contributed by atoms with Crippen LogP contribution in [0.5, 0.6) is 0 Å². The van der Waals surface area contributed by atoms with Gasteiger partial charge in [-0.2, -0.15) is 0 Å². The number of carbonyl (C=O) groups excluding carboxylic acids is 1. The van der Waals surface area contributed by atoms with E-state index in [4.69, 9.17) is 0 Å². The van der Waals surface area contributed by atoms with Crippen LogP contribution in [0.2, 0.25) is 0 Å². The summed E-state index contributed by atoms with van der Waals surface area (Å²) in [6.07, 6.45) is 2.44. The van der Waals surface area contributed by atoms with Gasteiger partial charge in [-0.15, -0.1) is 10.2 Å². The maximum atomic E-state index is 12.7. The van der Waals surface area contributed by atoms with Crippen LogP contribution in [0.3, 0.4) is 0 Å². The molecule has 0 aromatic carbocycles. The van der Waals surface area contributed by atoms with Crippen molar-refractivity contribution in [3.05, 3.63) is 5.82 Å². The lowest BCUT2D eigenvalue weighted by Gasteiger charge is -2.35. The van der Waals surface area contributed by atoms with Crippen molar-refractivity contribution < 1.29 is 4.79 Å². The smallest absolute Gasteiger partial charge is 0.235 e. The van der Waals surface area contributed by atoms with Crippen LogP contribution in [0.15, 0.2) is 5.16 Å². The van der Waals surface area contributed by atoms with E-state index in [0.717, 1.165) is 50.2 Å². The van der Waals surface area contributed by atoms with Crippen molar-refractivity contribution in [1.82, 2.24) is 24.6 Å². The molecule has 2 aliphatic rings. The van der Waals surface area contributed by atoms with Crippen LogP contribution in [0, 0.1) is 0 Å². The quantitative estimate of drug-likeness (QED) is 0.741. The summed E-state index contributed by atoms with van der Waals surface area (Å²) in [6, 6.07) is 0. The van der Waals surface area contributed by atoms with Gasteiger partial charge in [-0.3, -0.25) is 4.79 Å². The van der Waals surface area contributed by atoms with Crippen LogP contribution < -0.4 is 0 Å². The molecule has 7 heteroatoms. The Hall–Kier alpha value is -1.08. The molecule has 128 valence electrons. The van der Waals surface area contributed by atoms with Crippen molar-refractivity contribution in [2.75, 3.05) is 32.7 Å². The Morgan fingerprint density at radius 1 is 1.17 bits per heavy atom. The van der Waals surface area contributed by atoms with E-state index >= 15 is 0 Å². The van der Waals surface area contributed by atoms with Gasteiger partial charge in [0, 0.05) is 38.6 Å². The molecule has 1 saturated carbocycles. The lowest BCUT2D eigenvalue weighted by molar-refractivity contribution is -0.132. The fourth-order valence-corrected chi connectivity index (χ4v) is 4.08. The average Bonchev–Trinajstić information content (AvgIpc) is 3.35. The van der Waals surface area contributed by atoms with Crippen LogP contribution in [0.4, 0.5) is 0 Å². The standard InChI is InChI=1S/C16H27N5OS/c1-4-19-8-10-20(11-9-19)15(22)12(3)23-16-18-17-14(13-6-7-13)21(16)5-2/h12-13H,4-11H2,1-3H3. The molecule has 0 bridgehead atoms. The second-order valence-electron chi connectivity index (χ2n) is 6.38. The molecule has 0 radical (unpaired) electrons. The zero-order valence-electron chi connectivity index (χ0n) is 14.4. The summed E-state index contributed by atoms with van der Waals surface area (Å²) in [5.74, 6) is 1.92. The van der Waals surface area contributed by atoms with Crippen LogP contribution in [-0.4, -0.2) is 68.4 Å². The van der Waals surface area contributed by atoms with Crippen molar-refractivity contribution in [2.24, 2.45) is 0 Å². The molecule has 1 atom stereocenters. The fourth-order valence-electron chi connectivity index (χ4n) is 3.08. The van der Waals surface area contributed by atoms with Crippen LogP contribution in [0.1, 0.15) is 45.4 Å². The monoisotopic (exact) mass is 337 g/mol. The van der Waals surface area contributed by atoms with Crippen LogP contribution >= 0.6 is 11.8 Å². The summed E-state index contributed by atoms with van der Waals surface area (Å²) in [5, 5.41) is 9.48. The lowest BCUT2D eigenvalue weighted by atomic mass is 10.3. The Labute approximate surface area is 142 Å². The van der Waals surface area contributed by atoms with Gasteiger partial charge in [0.1, 0.15) is 5.82 Å². The van der Waals surface area contributed by atoms with E-state index in [9.17, 15) is 4.79 Å². The molecular formula is C16H27N5OS. The number of rotatable bonds is 6. The average molecular weight is 337 g/mol. The lowest BCUT2D eigenvalue weighted by Crippen LogP contribution is -2.50. The highest BCUT2D eigenvalue weighted by Gasteiger charge is 2.31.